The van der Waals surface area contributed by atoms with Crippen molar-refractivity contribution in [1.82, 2.24) is 9.97 Å². The van der Waals surface area contributed by atoms with Crippen LogP contribution in [-0.4, -0.2) is 9.97 Å². The van der Waals surface area contributed by atoms with E-state index in [9.17, 15) is 0 Å². The Hall–Kier alpha value is -6.10. The van der Waals surface area contributed by atoms with E-state index in [0.29, 0.717) is 5.95 Å². The van der Waals surface area contributed by atoms with Crippen molar-refractivity contribution < 1.29 is 0 Å². The molecule has 3 heterocycles. The minimum absolute atomic E-state index is 0.283. The molecule has 51 heavy (non-hydrogen) atoms. The van der Waals surface area contributed by atoms with Crippen molar-refractivity contribution in [1.29, 1.82) is 0 Å². The van der Waals surface area contributed by atoms with Crippen LogP contribution in [0.5, 0.6) is 0 Å². The van der Waals surface area contributed by atoms with E-state index in [-0.39, 0.29) is 5.41 Å². The topological polar surface area (TPSA) is 29.0 Å². The predicted octanol–water partition coefficient (Wildman–Crippen LogP) is 13.2. The van der Waals surface area contributed by atoms with Crippen LogP contribution in [0.15, 0.2) is 152 Å². The minimum atomic E-state index is -0.283. The molecule has 2 aromatic heterocycles. The van der Waals surface area contributed by atoms with Crippen molar-refractivity contribution in [2.75, 3.05) is 4.90 Å². The first-order valence-electron chi connectivity index (χ1n) is 17.5. The lowest BCUT2D eigenvalue weighted by atomic mass is 9.71. The van der Waals surface area contributed by atoms with Gasteiger partial charge < -0.3 is 0 Å². The molecule has 0 saturated carbocycles. The van der Waals surface area contributed by atoms with Crippen LogP contribution in [0.3, 0.4) is 0 Å². The molecular weight excluding hydrogens is 639 g/mol. The number of fused-ring (bicyclic) bond motifs is 15. The van der Waals surface area contributed by atoms with Gasteiger partial charge in [0, 0.05) is 37.2 Å². The average Bonchev–Trinajstić information content (AvgIpc) is 3.58. The maximum absolute atomic E-state index is 5.67. The highest BCUT2D eigenvalue weighted by Crippen LogP contribution is 2.58. The van der Waals surface area contributed by atoms with Crippen LogP contribution in [0.1, 0.15) is 25.0 Å². The third-order valence-electron chi connectivity index (χ3n) is 11.0. The van der Waals surface area contributed by atoms with Gasteiger partial charge in [-0.2, -0.15) is 0 Å². The first kappa shape index (κ1) is 28.7. The van der Waals surface area contributed by atoms with E-state index in [1.807, 2.05) is 11.3 Å². The highest BCUT2D eigenvalue weighted by atomic mass is 32.1. The molecule has 1 aliphatic heterocycles. The fourth-order valence-electron chi connectivity index (χ4n) is 8.81. The minimum Gasteiger partial charge on any atom is -0.277 e. The number of aromatic nitrogens is 2. The van der Waals surface area contributed by atoms with E-state index in [1.165, 1.54) is 58.5 Å². The van der Waals surface area contributed by atoms with E-state index in [0.717, 1.165) is 38.6 Å². The van der Waals surface area contributed by atoms with Gasteiger partial charge >= 0.3 is 0 Å². The molecule has 0 radical (unpaired) electrons. The second-order valence-electron chi connectivity index (χ2n) is 14.1. The number of nitrogens with zero attached hydrogens (tertiary/aromatic N) is 3. The van der Waals surface area contributed by atoms with Gasteiger partial charge in [0.15, 0.2) is 0 Å². The Morgan fingerprint density at radius 3 is 1.84 bits per heavy atom. The zero-order valence-corrected chi connectivity index (χ0v) is 29.0. The second-order valence-corrected chi connectivity index (χ2v) is 15.2. The Balaban J connectivity index is 1.37. The zero-order valence-electron chi connectivity index (χ0n) is 28.2. The third-order valence-corrected chi connectivity index (χ3v) is 12.2. The van der Waals surface area contributed by atoms with Gasteiger partial charge in [-0.3, -0.25) is 4.90 Å². The number of benzene rings is 8. The van der Waals surface area contributed by atoms with Gasteiger partial charge in [0.1, 0.15) is 0 Å². The van der Waals surface area contributed by atoms with Gasteiger partial charge in [-0.25, -0.2) is 9.97 Å². The van der Waals surface area contributed by atoms with Gasteiger partial charge in [0.05, 0.1) is 27.3 Å². The molecule has 4 heteroatoms. The Bertz CT molecular complexity index is 3070. The van der Waals surface area contributed by atoms with Gasteiger partial charge in [-0.15, -0.1) is 11.3 Å². The van der Waals surface area contributed by atoms with Gasteiger partial charge in [-0.1, -0.05) is 153 Å². The van der Waals surface area contributed by atoms with Crippen molar-refractivity contribution in [3.05, 3.63) is 163 Å². The molecule has 0 N–H and O–H groups in total. The first-order chi connectivity index (χ1) is 25.1. The van der Waals surface area contributed by atoms with Gasteiger partial charge in [-0.05, 0) is 50.2 Å². The number of hydrogen-bond donors (Lipinski definition) is 0. The summed E-state index contributed by atoms with van der Waals surface area (Å²) in [6.07, 6.45) is 0. The number of thiophene rings is 1. The molecule has 0 fully saturated rings. The predicted molar refractivity (Wildman–Crippen MR) is 217 cm³/mol. The fraction of sp³-hybridized carbons (Fsp3) is 0.0638. The summed E-state index contributed by atoms with van der Waals surface area (Å²) in [6, 6.07) is 54.7. The standard InChI is InChI=1S/C47H31N3S/c1-47(2)36-25-13-14-26-37(36)50(44-41(47)33-22-10-9-21-32(33)39-35-24-12-15-27-38(35)51-45(39)44)46-48-42(28-16-4-3-5-17-28)40-31-20-8-6-18-29(31)30-19-7-11-23-34(30)43(40)49-46/h3-27H,1-2H3. The molecule has 0 unspecified atom stereocenters. The number of anilines is 3. The molecule has 0 bridgehead atoms. The van der Waals surface area contributed by atoms with E-state index < -0.39 is 0 Å². The molecule has 0 aliphatic carbocycles. The Morgan fingerprint density at radius 2 is 1.08 bits per heavy atom. The van der Waals surface area contributed by atoms with E-state index in [2.05, 4.69) is 170 Å². The van der Waals surface area contributed by atoms with Crippen LogP contribution in [0, 0.1) is 0 Å². The van der Waals surface area contributed by atoms with Crippen LogP contribution in [-0.2, 0) is 5.41 Å². The quantitative estimate of drug-likeness (QED) is 0.172. The third kappa shape index (κ3) is 3.88. The van der Waals surface area contributed by atoms with Crippen molar-refractivity contribution in [3.63, 3.8) is 0 Å². The summed E-state index contributed by atoms with van der Waals surface area (Å²) >= 11 is 1.88. The van der Waals surface area contributed by atoms with E-state index >= 15 is 0 Å². The summed E-state index contributed by atoms with van der Waals surface area (Å²) in [5.74, 6) is 0.681. The van der Waals surface area contributed by atoms with Gasteiger partial charge in [0.25, 0.3) is 0 Å². The molecule has 0 atom stereocenters. The van der Waals surface area contributed by atoms with Crippen LogP contribution in [0.2, 0.25) is 0 Å². The summed E-state index contributed by atoms with van der Waals surface area (Å²) in [4.78, 5) is 13.7. The maximum atomic E-state index is 5.67. The summed E-state index contributed by atoms with van der Waals surface area (Å²) in [7, 11) is 0. The van der Waals surface area contributed by atoms with Crippen molar-refractivity contribution >= 4 is 92.1 Å². The van der Waals surface area contributed by atoms with Crippen molar-refractivity contribution in [2.24, 2.45) is 0 Å². The molecular formula is C47H31N3S. The lowest BCUT2D eigenvalue weighted by Gasteiger charge is -2.42. The van der Waals surface area contributed by atoms with Crippen molar-refractivity contribution in [2.45, 2.75) is 19.3 Å². The molecule has 11 rings (SSSR count). The molecule has 10 aromatic rings. The number of hydrogen-bond acceptors (Lipinski definition) is 4. The fourth-order valence-corrected chi connectivity index (χ4v) is 10.1. The summed E-state index contributed by atoms with van der Waals surface area (Å²) < 4.78 is 2.55. The SMILES string of the molecule is CC1(C)c2ccccc2N(c2nc(-c3ccccc3)c3c4ccccc4c4ccccc4c3n2)c2c1c1ccccc1c1c2sc2ccccc21. The number of rotatable bonds is 2. The van der Waals surface area contributed by atoms with Crippen LogP contribution in [0.4, 0.5) is 17.3 Å². The molecule has 0 amide bonds. The summed E-state index contributed by atoms with van der Waals surface area (Å²) in [5.41, 5.74) is 7.56. The smallest absolute Gasteiger partial charge is 0.235 e. The van der Waals surface area contributed by atoms with Crippen LogP contribution >= 0.6 is 11.3 Å². The lowest BCUT2D eigenvalue weighted by molar-refractivity contribution is 0.638. The molecule has 8 aromatic carbocycles. The average molecular weight is 670 g/mol. The molecule has 0 spiro atoms. The largest absolute Gasteiger partial charge is 0.277 e. The highest BCUT2D eigenvalue weighted by Gasteiger charge is 2.41. The maximum Gasteiger partial charge on any atom is 0.235 e. The van der Waals surface area contributed by atoms with Crippen molar-refractivity contribution in [3.8, 4) is 11.3 Å². The number of para-hydroxylation sites is 1. The molecule has 0 saturated heterocycles. The van der Waals surface area contributed by atoms with Crippen LogP contribution in [0.25, 0.3) is 74.6 Å². The summed E-state index contributed by atoms with van der Waals surface area (Å²) in [6.45, 7) is 4.76. The molecule has 3 nitrogen and oxygen atoms in total. The summed E-state index contributed by atoms with van der Waals surface area (Å²) in [5, 5.41) is 10.9. The lowest BCUT2D eigenvalue weighted by Crippen LogP contribution is -2.31. The Morgan fingerprint density at radius 1 is 0.510 bits per heavy atom. The molecule has 240 valence electrons. The van der Waals surface area contributed by atoms with Gasteiger partial charge in [0.2, 0.25) is 5.95 Å². The van der Waals surface area contributed by atoms with E-state index in [4.69, 9.17) is 9.97 Å². The molecule has 1 aliphatic rings. The van der Waals surface area contributed by atoms with Crippen LogP contribution < -0.4 is 4.90 Å². The second kappa shape index (κ2) is 10.5. The van der Waals surface area contributed by atoms with E-state index in [1.54, 1.807) is 0 Å². The Kier molecular flexibility index (Phi) is 5.89. The Labute approximate surface area is 299 Å². The normalized spacial score (nSPS) is 13.8. The highest BCUT2D eigenvalue weighted by molar-refractivity contribution is 7.26. The monoisotopic (exact) mass is 669 g/mol. The first-order valence-corrected chi connectivity index (χ1v) is 18.3. The zero-order chi connectivity index (χ0) is 33.8.